The molecular formula is C13H27NO2. The molecule has 0 aliphatic carbocycles. The molecule has 1 rings (SSSR count). The SMILES string of the molecule is CCCC(C)(CO)CN1CCOCC1(C)C. The second-order valence-corrected chi connectivity index (χ2v) is 6.01. The minimum absolute atomic E-state index is 0.0311. The Morgan fingerprint density at radius 3 is 2.62 bits per heavy atom. The Labute approximate surface area is 99.8 Å². The molecule has 0 aromatic carbocycles. The average Bonchev–Trinajstić information content (AvgIpc) is 2.22. The van der Waals surface area contributed by atoms with Crippen molar-refractivity contribution in [2.75, 3.05) is 32.9 Å². The van der Waals surface area contributed by atoms with E-state index in [4.69, 9.17) is 4.74 Å². The van der Waals surface area contributed by atoms with E-state index >= 15 is 0 Å². The van der Waals surface area contributed by atoms with Crippen molar-refractivity contribution in [1.82, 2.24) is 4.90 Å². The molecule has 0 spiro atoms. The molecule has 1 fully saturated rings. The third kappa shape index (κ3) is 3.44. The van der Waals surface area contributed by atoms with Gasteiger partial charge in [-0.25, -0.2) is 0 Å². The lowest BCUT2D eigenvalue weighted by molar-refractivity contribution is -0.0734. The van der Waals surface area contributed by atoms with E-state index in [2.05, 4.69) is 32.6 Å². The van der Waals surface area contributed by atoms with Gasteiger partial charge in [0, 0.05) is 30.7 Å². The number of rotatable bonds is 5. The maximum Gasteiger partial charge on any atom is 0.0645 e. The van der Waals surface area contributed by atoms with E-state index in [0.29, 0.717) is 0 Å². The normalized spacial score (nSPS) is 25.3. The number of morpholine rings is 1. The van der Waals surface area contributed by atoms with Gasteiger partial charge in [0.2, 0.25) is 0 Å². The third-order valence-electron chi connectivity index (χ3n) is 3.62. The van der Waals surface area contributed by atoms with E-state index in [9.17, 15) is 5.11 Å². The largest absolute Gasteiger partial charge is 0.396 e. The number of nitrogens with zero attached hydrogens (tertiary/aromatic N) is 1. The number of ether oxygens (including phenoxy) is 1. The Bertz CT molecular complexity index is 218. The summed E-state index contributed by atoms with van der Waals surface area (Å²) in [5, 5.41) is 9.56. The van der Waals surface area contributed by atoms with Crippen molar-refractivity contribution < 1.29 is 9.84 Å². The van der Waals surface area contributed by atoms with Crippen molar-refractivity contribution in [2.45, 2.75) is 46.1 Å². The highest BCUT2D eigenvalue weighted by molar-refractivity contribution is 4.89. The fraction of sp³-hybridized carbons (Fsp3) is 1.00. The predicted octanol–water partition coefficient (Wildman–Crippen LogP) is 1.90. The van der Waals surface area contributed by atoms with Crippen molar-refractivity contribution >= 4 is 0 Å². The molecule has 0 radical (unpaired) electrons. The molecule has 96 valence electrons. The van der Waals surface area contributed by atoms with Crippen LogP contribution in [-0.2, 0) is 4.74 Å². The zero-order chi connectivity index (χ0) is 12.2. The summed E-state index contributed by atoms with van der Waals surface area (Å²) in [6.07, 6.45) is 2.21. The Balaban J connectivity index is 2.62. The summed E-state index contributed by atoms with van der Waals surface area (Å²) >= 11 is 0. The summed E-state index contributed by atoms with van der Waals surface area (Å²) in [5.41, 5.74) is 0.131. The molecule has 1 atom stereocenters. The van der Waals surface area contributed by atoms with Gasteiger partial charge in [-0.3, -0.25) is 4.90 Å². The van der Waals surface area contributed by atoms with Gasteiger partial charge in [0.15, 0.2) is 0 Å². The first-order chi connectivity index (χ1) is 7.43. The zero-order valence-corrected chi connectivity index (χ0v) is 11.3. The Morgan fingerprint density at radius 2 is 2.12 bits per heavy atom. The van der Waals surface area contributed by atoms with Gasteiger partial charge in [0.25, 0.3) is 0 Å². The summed E-state index contributed by atoms with van der Waals surface area (Å²) in [7, 11) is 0. The van der Waals surface area contributed by atoms with Gasteiger partial charge in [-0.1, -0.05) is 20.3 Å². The zero-order valence-electron chi connectivity index (χ0n) is 11.3. The van der Waals surface area contributed by atoms with E-state index in [1.165, 1.54) is 0 Å². The van der Waals surface area contributed by atoms with Gasteiger partial charge >= 0.3 is 0 Å². The first-order valence-corrected chi connectivity index (χ1v) is 6.37. The highest BCUT2D eigenvalue weighted by Crippen LogP contribution is 2.29. The van der Waals surface area contributed by atoms with Crippen LogP contribution >= 0.6 is 0 Å². The van der Waals surface area contributed by atoms with Crippen LogP contribution in [0, 0.1) is 5.41 Å². The van der Waals surface area contributed by atoms with Gasteiger partial charge < -0.3 is 9.84 Å². The van der Waals surface area contributed by atoms with Crippen LogP contribution in [0.3, 0.4) is 0 Å². The molecule has 3 heteroatoms. The number of aliphatic hydroxyl groups excluding tert-OH is 1. The molecule has 0 amide bonds. The van der Waals surface area contributed by atoms with Crippen LogP contribution in [0.5, 0.6) is 0 Å². The summed E-state index contributed by atoms with van der Waals surface area (Å²) < 4.78 is 5.52. The van der Waals surface area contributed by atoms with Crippen LogP contribution in [0.4, 0.5) is 0 Å². The van der Waals surface area contributed by atoms with Crippen LogP contribution in [0.25, 0.3) is 0 Å². The maximum atomic E-state index is 9.56. The van der Waals surface area contributed by atoms with Crippen LogP contribution in [0.1, 0.15) is 40.5 Å². The van der Waals surface area contributed by atoms with Crippen molar-refractivity contribution in [3.63, 3.8) is 0 Å². The van der Waals surface area contributed by atoms with E-state index in [0.717, 1.165) is 39.1 Å². The molecular weight excluding hydrogens is 202 g/mol. The summed E-state index contributed by atoms with van der Waals surface area (Å²) in [5.74, 6) is 0. The number of hydrogen-bond acceptors (Lipinski definition) is 3. The van der Waals surface area contributed by atoms with E-state index in [1.54, 1.807) is 0 Å². The lowest BCUT2D eigenvalue weighted by Crippen LogP contribution is -2.56. The Hall–Kier alpha value is -0.120. The van der Waals surface area contributed by atoms with Crippen LogP contribution in [-0.4, -0.2) is 48.5 Å². The molecule has 0 saturated carbocycles. The highest BCUT2D eigenvalue weighted by Gasteiger charge is 2.35. The van der Waals surface area contributed by atoms with Gasteiger partial charge in [-0.2, -0.15) is 0 Å². The molecule has 3 nitrogen and oxygen atoms in total. The van der Waals surface area contributed by atoms with Crippen LogP contribution < -0.4 is 0 Å². The lowest BCUT2D eigenvalue weighted by Gasteiger charge is -2.46. The average molecular weight is 229 g/mol. The van der Waals surface area contributed by atoms with Crippen molar-refractivity contribution in [1.29, 1.82) is 0 Å². The van der Waals surface area contributed by atoms with Gasteiger partial charge in [-0.15, -0.1) is 0 Å². The number of aliphatic hydroxyl groups is 1. The molecule has 0 aromatic rings. The predicted molar refractivity (Wildman–Crippen MR) is 66.6 cm³/mol. The fourth-order valence-electron chi connectivity index (χ4n) is 2.46. The fourth-order valence-corrected chi connectivity index (χ4v) is 2.46. The molecule has 16 heavy (non-hydrogen) atoms. The standard InChI is InChI=1S/C13H27NO2/c1-5-6-13(4,10-15)9-14-7-8-16-11-12(14,2)3/h15H,5-11H2,1-4H3. The minimum Gasteiger partial charge on any atom is -0.396 e. The molecule has 1 unspecified atom stereocenters. The van der Waals surface area contributed by atoms with E-state index < -0.39 is 0 Å². The maximum absolute atomic E-state index is 9.56. The van der Waals surface area contributed by atoms with Gasteiger partial charge in [0.1, 0.15) is 0 Å². The second-order valence-electron chi connectivity index (χ2n) is 6.01. The van der Waals surface area contributed by atoms with Crippen LogP contribution in [0.15, 0.2) is 0 Å². The van der Waals surface area contributed by atoms with Crippen molar-refractivity contribution in [3.05, 3.63) is 0 Å². The quantitative estimate of drug-likeness (QED) is 0.781. The molecule has 1 aliphatic rings. The second kappa shape index (κ2) is 5.48. The van der Waals surface area contributed by atoms with Crippen molar-refractivity contribution in [3.8, 4) is 0 Å². The van der Waals surface area contributed by atoms with E-state index in [-0.39, 0.29) is 17.6 Å². The highest BCUT2D eigenvalue weighted by atomic mass is 16.5. The molecule has 1 aliphatic heterocycles. The van der Waals surface area contributed by atoms with Crippen LogP contribution in [0.2, 0.25) is 0 Å². The molecule has 0 aromatic heterocycles. The molecule has 1 N–H and O–H groups in total. The van der Waals surface area contributed by atoms with E-state index in [1.807, 2.05) is 0 Å². The summed E-state index contributed by atoms with van der Waals surface area (Å²) in [6, 6.07) is 0. The molecule has 0 bridgehead atoms. The van der Waals surface area contributed by atoms with Crippen molar-refractivity contribution in [2.24, 2.45) is 5.41 Å². The minimum atomic E-state index is 0.0311. The summed E-state index contributed by atoms with van der Waals surface area (Å²) in [6.45, 7) is 12.6. The monoisotopic (exact) mass is 229 g/mol. The van der Waals surface area contributed by atoms with Gasteiger partial charge in [0.05, 0.1) is 13.2 Å². The Kier molecular flexibility index (Phi) is 4.77. The molecule has 1 saturated heterocycles. The Morgan fingerprint density at radius 1 is 1.44 bits per heavy atom. The van der Waals surface area contributed by atoms with Gasteiger partial charge in [-0.05, 0) is 20.3 Å². The third-order valence-corrected chi connectivity index (χ3v) is 3.62. The first-order valence-electron chi connectivity index (χ1n) is 6.37. The molecule has 1 heterocycles. The topological polar surface area (TPSA) is 32.7 Å². The smallest absolute Gasteiger partial charge is 0.0645 e. The first kappa shape index (κ1) is 13.9. The number of hydrogen-bond donors (Lipinski definition) is 1. The lowest BCUT2D eigenvalue weighted by atomic mass is 9.84. The summed E-state index contributed by atoms with van der Waals surface area (Å²) in [4.78, 5) is 2.46.